The van der Waals surface area contributed by atoms with Crippen LogP contribution in [0.2, 0.25) is 0 Å². The SMILES string of the molecule is CC(C)/C=N\NC(=O)c1cccc(C(=O)N/N=C\C(C)C)c1. The van der Waals surface area contributed by atoms with E-state index in [-0.39, 0.29) is 23.7 Å². The van der Waals surface area contributed by atoms with Crippen LogP contribution in [0.4, 0.5) is 0 Å². The normalized spacial score (nSPS) is 11.5. The fraction of sp³-hybridized carbons (Fsp3) is 0.375. The van der Waals surface area contributed by atoms with Gasteiger partial charge in [-0.2, -0.15) is 10.2 Å². The van der Waals surface area contributed by atoms with Crippen molar-refractivity contribution < 1.29 is 9.59 Å². The molecule has 6 heteroatoms. The smallest absolute Gasteiger partial charge is 0.267 e. The zero-order valence-corrected chi connectivity index (χ0v) is 13.3. The van der Waals surface area contributed by atoms with Crippen molar-refractivity contribution >= 4 is 24.2 Å². The standard InChI is InChI=1S/C16H22N4O2/c1-11(2)9-17-19-15(21)13-6-5-7-14(8-13)16(22)20-18-10-12(3)4/h5-12H,1-4H3,(H,19,21)(H,20,22)/b17-9-,18-10-. The number of rotatable bonds is 6. The van der Waals surface area contributed by atoms with Crippen LogP contribution in [0, 0.1) is 11.8 Å². The number of hydrogen-bond donors (Lipinski definition) is 2. The molecule has 0 spiro atoms. The van der Waals surface area contributed by atoms with Crippen LogP contribution in [-0.4, -0.2) is 24.2 Å². The molecular weight excluding hydrogens is 280 g/mol. The molecule has 0 saturated carbocycles. The fourth-order valence-electron chi connectivity index (χ4n) is 1.42. The molecule has 2 N–H and O–H groups in total. The molecule has 22 heavy (non-hydrogen) atoms. The first-order chi connectivity index (χ1) is 10.4. The highest BCUT2D eigenvalue weighted by atomic mass is 16.2. The van der Waals surface area contributed by atoms with Crippen molar-refractivity contribution in [1.29, 1.82) is 0 Å². The summed E-state index contributed by atoms with van der Waals surface area (Å²) in [5, 5.41) is 7.68. The molecule has 0 bridgehead atoms. The van der Waals surface area contributed by atoms with E-state index in [2.05, 4.69) is 21.1 Å². The van der Waals surface area contributed by atoms with Gasteiger partial charge in [-0.05, 0) is 30.0 Å². The van der Waals surface area contributed by atoms with E-state index in [0.717, 1.165) is 0 Å². The van der Waals surface area contributed by atoms with E-state index in [0.29, 0.717) is 11.1 Å². The van der Waals surface area contributed by atoms with E-state index in [1.54, 1.807) is 30.6 Å². The Morgan fingerprint density at radius 2 is 1.32 bits per heavy atom. The second-order valence-corrected chi connectivity index (χ2v) is 5.51. The monoisotopic (exact) mass is 302 g/mol. The molecule has 0 unspecified atom stereocenters. The highest BCUT2D eigenvalue weighted by molar-refractivity contribution is 5.99. The molecule has 0 fully saturated rings. The Bertz CT molecular complexity index is 530. The molecule has 0 atom stereocenters. The summed E-state index contributed by atoms with van der Waals surface area (Å²) < 4.78 is 0. The third-order valence-corrected chi connectivity index (χ3v) is 2.46. The van der Waals surface area contributed by atoms with E-state index in [1.807, 2.05) is 27.7 Å². The largest absolute Gasteiger partial charge is 0.271 e. The summed E-state index contributed by atoms with van der Waals surface area (Å²) in [4.78, 5) is 23.8. The Morgan fingerprint density at radius 1 is 0.909 bits per heavy atom. The molecule has 118 valence electrons. The summed E-state index contributed by atoms with van der Waals surface area (Å²) in [6.07, 6.45) is 3.27. The lowest BCUT2D eigenvalue weighted by Crippen LogP contribution is -2.21. The van der Waals surface area contributed by atoms with Crippen LogP contribution in [0.15, 0.2) is 34.5 Å². The predicted octanol–water partition coefficient (Wildman–Crippen LogP) is 2.43. The number of nitrogens with zero attached hydrogens (tertiary/aromatic N) is 2. The van der Waals surface area contributed by atoms with Gasteiger partial charge in [-0.15, -0.1) is 0 Å². The number of hydrazone groups is 2. The van der Waals surface area contributed by atoms with Crippen LogP contribution in [0.3, 0.4) is 0 Å². The molecule has 1 aromatic rings. The van der Waals surface area contributed by atoms with Gasteiger partial charge in [0, 0.05) is 23.6 Å². The molecule has 1 rings (SSSR count). The molecule has 0 aliphatic rings. The lowest BCUT2D eigenvalue weighted by Gasteiger charge is -2.04. The maximum atomic E-state index is 11.9. The zero-order chi connectivity index (χ0) is 16.5. The highest BCUT2D eigenvalue weighted by Gasteiger charge is 2.09. The summed E-state index contributed by atoms with van der Waals surface area (Å²) in [5.41, 5.74) is 5.57. The summed E-state index contributed by atoms with van der Waals surface area (Å²) in [6, 6.07) is 6.38. The lowest BCUT2D eigenvalue weighted by atomic mass is 10.1. The summed E-state index contributed by atoms with van der Waals surface area (Å²) >= 11 is 0. The minimum absolute atomic E-state index is 0.247. The Labute approximate surface area is 130 Å². The second kappa shape index (κ2) is 8.71. The van der Waals surface area contributed by atoms with Crippen LogP contribution in [0.5, 0.6) is 0 Å². The van der Waals surface area contributed by atoms with Crippen molar-refractivity contribution in [3.63, 3.8) is 0 Å². The van der Waals surface area contributed by atoms with Crippen LogP contribution in [-0.2, 0) is 0 Å². The predicted molar refractivity (Wildman–Crippen MR) is 88.0 cm³/mol. The fourth-order valence-corrected chi connectivity index (χ4v) is 1.42. The number of carbonyl (C=O) groups excluding carboxylic acids is 2. The average Bonchev–Trinajstić information content (AvgIpc) is 2.46. The van der Waals surface area contributed by atoms with E-state index in [1.165, 1.54) is 6.07 Å². The Kier molecular flexibility index (Phi) is 6.95. The van der Waals surface area contributed by atoms with Crippen molar-refractivity contribution in [2.75, 3.05) is 0 Å². The van der Waals surface area contributed by atoms with E-state index in [4.69, 9.17) is 0 Å². The lowest BCUT2D eigenvalue weighted by molar-refractivity contribution is 0.0954. The third kappa shape index (κ3) is 6.30. The second-order valence-electron chi connectivity index (χ2n) is 5.51. The minimum atomic E-state index is -0.364. The third-order valence-electron chi connectivity index (χ3n) is 2.46. The maximum Gasteiger partial charge on any atom is 0.271 e. The highest BCUT2D eigenvalue weighted by Crippen LogP contribution is 2.05. The first-order valence-electron chi connectivity index (χ1n) is 7.17. The van der Waals surface area contributed by atoms with Crippen LogP contribution in [0.1, 0.15) is 48.4 Å². The Hall–Kier alpha value is -2.50. The van der Waals surface area contributed by atoms with Gasteiger partial charge in [-0.3, -0.25) is 9.59 Å². The number of benzene rings is 1. The van der Waals surface area contributed by atoms with Crippen LogP contribution in [0.25, 0.3) is 0 Å². The first kappa shape index (κ1) is 17.6. The van der Waals surface area contributed by atoms with E-state index < -0.39 is 0 Å². The molecule has 0 radical (unpaired) electrons. The molecule has 0 aromatic heterocycles. The average molecular weight is 302 g/mol. The van der Waals surface area contributed by atoms with Crippen molar-refractivity contribution in [2.45, 2.75) is 27.7 Å². The number of carbonyl (C=O) groups is 2. The van der Waals surface area contributed by atoms with Gasteiger partial charge in [0.15, 0.2) is 0 Å². The van der Waals surface area contributed by atoms with Crippen LogP contribution < -0.4 is 10.9 Å². The summed E-state index contributed by atoms with van der Waals surface area (Å²) in [5.74, 6) is -0.234. The number of amides is 2. The molecular formula is C16H22N4O2. The van der Waals surface area contributed by atoms with E-state index in [9.17, 15) is 9.59 Å². The van der Waals surface area contributed by atoms with Crippen molar-refractivity contribution in [2.24, 2.45) is 22.0 Å². The summed E-state index contributed by atoms with van der Waals surface area (Å²) in [6.45, 7) is 7.83. The quantitative estimate of drug-likeness (QED) is 0.625. The van der Waals surface area contributed by atoms with Crippen molar-refractivity contribution in [1.82, 2.24) is 10.9 Å². The Morgan fingerprint density at radius 3 is 1.68 bits per heavy atom. The molecule has 0 heterocycles. The molecule has 2 amide bonds. The molecule has 0 aliphatic heterocycles. The molecule has 0 aliphatic carbocycles. The number of hydrogen-bond acceptors (Lipinski definition) is 4. The van der Waals surface area contributed by atoms with Crippen molar-refractivity contribution in [3.05, 3.63) is 35.4 Å². The molecule has 6 nitrogen and oxygen atoms in total. The van der Waals surface area contributed by atoms with Gasteiger partial charge >= 0.3 is 0 Å². The first-order valence-corrected chi connectivity index (χ1v) is 7.17. The van der Waals surface area contributed by atoms with Crippen LogP contribution >= 0.6 is 0 Å². The van der Waals surface area contributed by atoms with Gasteiger partial charge < -0.3 is 0 Å². The summed E-state index contributed by atoms with van der Waals surface area (Å²) in [7, 11) is 0. The van der Waals surface area contributed by atoms with Gasteiger partial charge in [0.1, 0.15) is 0 Å². The van der Waals surface area contributed by atoms with Gasteiger partial charge in [-0.1, -0.05) is 33.8 Å². The minimum Gasteiger partial charge on any atom is -0.267 e. The zero-order valence-electron chi connectivity index (χ0n) is 13.3. The topological polar surface area (TPSA) is 82.9 Å². The Balaban J connectivity index is 2.72. The van der Waals surface area contributed by atoms with Crippen molar-refractivity contribution in [3.8, 4) is 0 Å². The van der Waals surface area contributed by atoms with Gasteiger partial charge in [0.2, 0.25) is 0 Å². The van der Waals surface area contributed by atoms with Gasteiger partial charge in [0.05, 0.1) is 0 Å². The molecule has 1 aromatic carbocycles. The molecule has 0 saturated heterocycles. The van der Waals surface area contributed by atoms with Gasteiger partial charge in [-0.25, -0.2) is 10.9 Å². The maximum absolute atomic E-state index is 11.9. The van der Waals surface area contributed by atoms with E-state index >= 15 is 0 Å². The van der Waals surface area contributed by atoms with Gasteiger partial charge in [0.25, 0.3) is 11.8 Å². The number of nitrogens with one attached hydrogen (secondary N) is 2.